The van der Waals surface area contributed by atoms with Gasteiger partial charge in [-0.25, -0.2) is 8.42 Å². The molecule has 3 heterocycles. The monoisotopic (exact) mass is 354 g/mol. The van der Waals surface area contributed by atoms with E-state index >= 15 is 0 Å². The number of sulfonamides is 1. The first-order valence-corrected chi connectivity index (χ1v) is 9.58. The highest BCUT2D eigenvalue weighted by molar-refractivity contribution is 7.91. The van der Waals surface area contributed by atoms with E-state index in [-0.39, 0.29) is 12.3 Å². The first-order chi connectivity index (χ1) is 11.0. The minimum absolute atomic E-state index is 0.0832. The van der Waals surface area contributed by atoms with Crippen LogP contribution in [-0.2, 0) is 10.0 Å². The number of furan rings is 1. The summed E-state index contributed by atoms with van der Waals surface area (Å²) in [6.45, 7) is 4.00. The van der Waals surface area contributed by atoms with Crippen molar-refractivity contribution in [3.63, 3.8) is 0 Å². The SMILES string of the molecule is Cc1ccc(S(=O)(=O)N2CCN(CC(=O)c3ccco3)CC2)s1. The smallest absolute Gasteiger partial charge is 0.252 e. The number of hydrogen-bond acceptors (Lipinski definition) is 6. The van der Waals surface area contributed by atoms with Crippen LogP contribution in [0.25, 0.3) is 0 Å². The number of carbonyl (C=O) groups is 1. The van der Waals surface area contributed by atoms with Gasteiger partial charge >= 0.3 is 0 Å². The van der Waals surface area contributed by atoms with Crippen molar-refractivity contribution in [3.8, 4) is 0 Å². The highest BCUT2D eigenvalue weighted by Gasteiger charge is 2.30. The summed E-state index contributed by atoms with van der Waals surface area (Å²) >= 11 is 1.29. The molecule has 1 fully saturated rings. The van der Waals surface area contributed by atoms with Gasteiger partial charge in [0.2, 0.25) is 5.78 Å². The third kappa shape index (κ3) is 3.55. The lowest BCUT2D eigenvalue weighted by atomic mass is 10.2. The van der Waals surface area contributed by atoms with Crippen molar-refractivity contribution in [2.45, 2.75) is 11.1 Å². The Morgan fingerprint density at radius 1 is 1.22 bits per heavy atom. The topological polar surface area (TPSA) is 70.8 Å². The molecule has 2 aromatic heterocycles. The number of carbonyl (C=O) groups excluding carboxylic acids is 1. The summed E-state index contributed by atoms with van der Waals surface area (Å²) in [6.07, 6.45) is 1.47. The lowest BCUT2D eigenvalue weighted by Gasteiger charge is -2.33. The predicted molar refractivity (Wildman–Crippen MR) is 87.3 cm³/mol. The third-order valence-electron chi connectivity index (χ3n) is 3.80. The molecule has 1 aliphatic rings. The van der Waals surface area contributed by atoms with Gasteiger partial charge < -0.3 is 4.42 Å². The fourth-order valence-corrected chi connectivity index (χ4v) is 5.38. The Bertz CT molecular complexity index is 772. The molecule has 0 aromatic carbocycles. The molecule has 6 nitrogen and oxygen atoms in total. The van der Waals surface area contributed by atoms with Gasteiger partial charge in [-0.2, -0.15) is 4.31 Å². The second kappa shape index (κ2) is 6.56. The van der Waals surface area contributed by atoms with E-state index in [2.05, 4.69) is 0 Å². The zero-order valence-corrected chi connectivity index (χ0v) is 14.4. The van der Waals surface area contributed by atoms with Crippen molar-refractivity contribution in [1.29, 1.82) is 0 Å². The molecule has 0 N–H and O–H groups in total. The van der Waals surface area contributed by atoms with Crippen LogP contribution in [-0.4, -0.2) is 56.1 Å². The molecule has 0 unspecified atom stereocenters. The van der Waals surface area contributed by atoms with E-state index in [1.165, 1.54) is 21.9 Å². The van der Waals surface area contributed by atoms with Crippen molar-refractivity contribution >= 4 is 27.1 Å². The summed E-state index contributed by atoms with van der Waals surface area (Å²) in [5.41, 5.74) is 0. The minimum Gasteiger partial charge on any atom is -0.461 e. The van der Waals surface area contributed by atoms with Crippen LogP contribution in [0.15, 0.2) is 39.2 Å². The highest BCUT2D eigenvalue weighted by Crippen LogP contribution is 2.25. The number of hydrogen-bond donors (Lipinski definition) is 0. The zero-order chi connectivity index (χ0) is 16.4. The summed E-state index contributed by atoms with van der Waals surface area (Å²) in [4.78, 5) is 14.9. The number of Topliss-reactive ketones (excluding diaryl/α,β-unsaturated/α-hetero) is 1. The standard InChI is InChI=1S/C15H18N2O4S2/c1-12-4-5-15(22-12)23(19,20)17-8-6-16(7-9-17)11-13(18)14-3-2-10-21-14/h2-5,10H,6-9,11H2,1H3. The Morgan fingerprint density at radius 2 is 1.96 bits per heavy atom. The number of nitrogens with zero attached hydrogens (tertiary/aromatic N) is 2. The van der Waals surface area contributed by atoms with Gasteiger partial charge in [-0.1, -0.05) is 0 Å². The van der Waals surface area contributed by atoms with Crippen LogP contribution in [0.1, 0.15) is 15.4 Å². The van der Waals surface area contributed by atoms with Gasteiger partial charge in [0.25, 0.3) is 10.0 Å². The maximum Gasteiger partial charge on any atom is 0.252 e. The molecule has 124 valence electrons. The van der Waals surface area contributed by atoms with E-state index in [0.717, 1.165) is 4.88 Å². The first-order valence-electron chi connectivity index (χ1n) is 7.32. The molecule has 0 spiro atoms. The van der Waals surface area contributed by atoms with Crippen molar-refractivity contribution in [1.82, 2.24) is 9.21 Å². The van der Waals surface area contributed by atoms with E-state index in [0.29, 0.717) is 36.1 Å². The molecule has 3 rings (SSSR count). The van der Waals surface area contributed by atoms with Crippen LogP contribution in [0, 0.1) is 6.92 Å². The van der Waals surface area contributed by atoms with Gasteiger partial charge in [-0.3, -0.25) is 9.69 Å². The van der Waals surface area contributed by atoms with E-state index in [1.807, 2.05) is 17.9 Å². The zero-order valence-electron chi connectivity index (χ0n) is 12.8. The van der Waals surface area contributed by atoms with Crippen molar-refractivity contribution < 1.29 is 17.6 Å². The fraction of sp³-hybridized carbons (Fsp3) is 0.400. The summed E-state index contributed by atoms with van der Waals surface area (Å²) in [7, 11) is -3.41. The molecule has 0 radical (unpaired) electrons. The predicted octanol–water partition coefficient (Wildman–Crippen LogP) is 1.84. The number of rotatable bonds is 5. The van der Waals surface area contributed by atoms with Crippen LogP contribution in [0.4, 0.5) is 0 Å². The molecule has 0 bridgehead atoms. The molecule has 0 saturated carbocycles. The van der Waals surface area contributed by atoms with E-state index in [9.17, 15) is 13.2 Å². The molecule has 23 heavy (non-hydrogen) atoms. The fourth-order valence-electron chi connectivity index (χ4n) is 2.52. The van der Waals surface area contributed by atoms with Crippen LogP contribution in [0.5, 0.6) is 0 Å². The molecule has 8 heteroatoms. The number of piperazine rings is 1. The summed E-state index contributed by atoms with van der Waals surface area (Å²) in [5, 5.41) is 0. The Balaban J connectivity index is 1.59. The number of thiophene rings is 1. The largest absolute Gasteiger partial charge is 0.461 e. The molecule has 1 aliphatic heterocycles. The Kier molecular flexibility index (Phi) is 4.67. The highest BCUT2D eigenvalue weighted by atomic mass is 32.2. The second-order valence-electron chi connectivity index (χ2n) is 5.45. The molecule has 0 atom stereocenters. The summed E-state index contributed by atoms with van der Waals surface area (Å²) < 4.78 is 32.1. The van der Waals surface area contributed by atoms with Gasteiger partial charge in [-0.05, 0) is 31.2 Å². The summed E-state index contributed by atoms with van der Waals surface area (Å²) in [5.74, 6) is 0.259. The van der Waals surface area contributed by atoms with Crippen molar-refractivity contribution in [2.75, 3.05) is 32.7 Å². The quantitative estimate of drug-likeness (QED) is 0.766. The molecule has 0 aliphatic carbocycles. The molecule has 2 aromatic rings. The summed E-state index contributed by atoms with van der Waals surface area (Å²) in [6, 6.07) is 6.79. The van der Waals surface area contributed by atoms with Crippen LogP contribution in [0.2, 0.25) is 0 Å². The maximum atomic E-state index is 12.6. The van der Waals surface area contributed by atoms with E-state index in [4.69, 9.17) is 4.42 Å². The number of ketones is 1. The Morgan fingerprint density at radius 3 is 2.52 bits per heavy atom. The van der Waals surface area contributed by atoms with Gasteiger partial charge in [0.05, 0.1) is 12.8 Å². The normalized spacial score (nSPS) is 17.4. The van der Waals surface area contributed by atoms with Gasteiger partial charge in [-0.15, -0.1) is 11.3 Å². The Hall–Kier alpha value is -1.48. The maximum absolute atomic E-state index is 12.6. The van der Waals surface area contributed by atoms with Gasteiger partial charge in [0, 0.05) is 31.1 Å². The molecule has 0 amide bonds. The van der Waals surface area contributed by atoms with E-state index in [1.54, 1.807) is 18.2 Å². The number of aryl methyl sites for hydroxylation is 1. The lowest BCUT2D eigenvalue weighted by Crippen LogP contribution is -2.49. The molecule has 1 saturated heterocycles. The molecular formula is C15H18N2O4S2. The average Bonchev–Trinajstić information content (AvgIpc) is 3.19. The lowest BCUT2D eigenvalue weighted by molar-refractivity contribution is 0.0874. The van der Waals surface area contributed by atoms with Crippen molar-refractivity contribution in [2.24, 2.45) is 0 Å². The van der Waals surface area contributed by atoms with Crippen LogP contribution < -0.4 is 0 Å². The van der Waals surface area contributed by atoms with Gasteiger partial charge in [0.15, 0.2) is 5.76 Å². The molecular weight excluding hydrogens is 336 g/mol. The van der Waals surface area contributed by atoms with E-state index < -0.39 is 10.0 Å². The van der Waals surface area contributed by atoms with Crippen LogP contribution in [0.3, 0.4) is 0 Å². The Labute approximate surface area is 139 Å². The average molecular weight is 354 g/mol. The minimum atomic E-state index is -3.41. The second-order valence-corrected chi connectivity index (χ2v) is 8.90. The third-order valence-corrected chi connectivity index (χ3v) is 7.17. The van der Waals surface area contributed by atoms with Crippen molar-refractivity contribution in [3.05, 3.63) is 41.2 Å². The van der Waals surface area contributed by atoms with Crippen LogP contribution >= 0.6 is 11.3 Å². The first kappa shape index (κ1) is 16.4. The van der Waals surface area contributed by atoms with Gasteiger partial charge in [0.1, 0.15) is 4.21 Å².